The second-order valence-electron chi connectivity index (χ2n) is 10.8. The van der Waals surface area contributed by atoms with E-state index in [1.54, 1.807) is 75.1 Å². The number of hydrogen-bond donors (Lipinski definition) is 2. The number of carbonyl (C=O) groups is 5. The number of amides is 4. The van der Waals surface area contributed by atoms with Crippen LogP contribution in [0, 0.1) is 12.3 Å². The molecule has 4 amide bonds. The SMILES string of the molecule is CCC(CC)(C(=O)N[C@](CC)(Cc1ccc(N2C(=O)c3cccc(C)c3C2=O)cc1)C(=O)O)C(=O)N1CCCC1. The first-order valence-corrected chi connectivity index (χ1v) is 14.0. The minimum atomic E-state index is -1.65. The van der Waals surface area contributed by atoms with Gasteiger partial charge in [0.1, 0.15) is 11.0 Å². The average Bonchev–Trinajstić information content (AvgIpc) is 3.57. The quantitative estimate of drug-likeness (QED) is 0.341. The highest BCUT2D eigenvalue weighted by molar-refractivity contribution is 6.34. The molecule has 2 heterocycles. The Morgan fingerprint density at radius 2 is 1.52 bits per heavy atom. The zero-order chi connectivity index (χ0) is 29.2. The average molecular weight is 548 g/mol. The minimum absolute atomic E-state index is 0.0342. The first kappa shape index (κ1) is 29.0. The van der Waals surface area contributed by atoms with E-state index < -0.39 is 34.6 Å². The Balaban J connectivity index is 1.58. The minimum Gasteiger partial charge on any atom is -0.479 e. The molecule has 0 bridgehead atoms. The van der Waals surface area contributed by atoms with Crippen molar-refractivity contribution in [1.29, 1.82) is 0 Å². The second kappa shape index (κ2) is 11.2. The Morgan fingerprint density at radius 1 is 0.900 bits per heavy atom. The van der Waals surface area contributed by atoms with Crippen molar-refractivity contribution in [3.63, 3.8) is 0 Å². The van der Waals surface area contributed by atoms with E-state index in [-0.39, 0.29) is 31.6 Å². The Morgan fingerprint density at radius 3 is 2.05 bits per heavy atom. The van der Waals surface area contributed by atoms with Crippen LogP contribution in [0.5, 0.6) is 0 Å². The smallest absolute Gasteiger partial charge is 0.329 e. The molecule has 212 valence electrons. The monoisotopic (exact) mass is 547 g/mol. The van der Waals surface area contributed by atoms with Gasteiger partial charge in [0.05, 0.1) is 16.8 Å². The van der Waals surface area contributed by atoms with E-state index in [4.69, 9.17) is 0 Å². The van der Waals surface area contributed by atoms with Crippen LogP contribution in [0.4, 0.5) is 5.69 Å². The molecule has 0 unspecified atom stereocenters. The zero-order valence-corrected chi connectivity index (χ0v) is 23.6. The van der Waals surface area contributed by atoms with Crippen LogP contribution in [-0.4, -0.2) is 58.2 Å². The van der Waals surface area contributed by atoms with E-state index >= 15 is 0 Å². The number of rotatable bonds is 10. The van der Waals surface area contributed by atoms with Crippen molar-refractivity contribution in [3.05, 3.63) is 64.7 Å². The third-order valence-corrected chi connectivity index (χ3v) is 8.63. The maximum atomic E-state index is 13.7. The van der Waals surface area contributed by atoms with Gasteiger partial charge in [-0.05, 0) is 68.4 Å². The highest BCUT2D eigenvalue weighted by Crippen LogP contribution is 2.34. The van der Waals surface area contributed by atoms with Gasteiger partial charge in [-0.3, -0.25) is 19.2 Å². The van der Waals surface area contributed by atoms with Crippen molar-refractivity contribution >= 4 is 35.3 Å². The molecule has 0 radical (unpaired) electrons. The van der Waals surface area contributed by atoms with Crippen molar-refractivity contribution in [3.8, 4) is 0 Å². The van der Waals surface area contributed by atoms with Gasteiger partial charge >= 0.3 is 5.97 Å². The predicted octanol–water partition coefficient (Wildman–Crippen LogP) is 4.12. The van der Waals surface area contributed by atoms with Crippen molar-refractivity contribution in [2.45, 2.75) is 71.8 Å². The summed E-state index contributed by atoms with van der Waals surface area (Å²) in [6.07, 6.45) is 2.36. The van der Waals surface area contributed by atoms with E-state index in [0.29, 0.717) is 35.5 Å². The van der Waals surface area contributed by atoms with Gasteiger partial charge in [0.15, 0.2) is 0 Å². The molecular formula is C31H37N3O6. The zero-order valence-electron chi connectivity index (χ0n) is 23.6. The molecule has 1 atom stereocenters. The lowest BCUT2D eigenvalue weighted by Crippen LogP contribution is -2.61. The Bertz CT molecular complexity index is 1340. The molecule has 1 saturated heterocycles. The van der Waals surface area contributed by atoms with Gasteiger partial charge in [0.2, 0.25) is 11.8 Å². The number of fused-ring (bicyclic) bond motifs is 1. The summed E-state index contributed by atoms with van der Waals surface area (Å²) in [5, 5.41) is 13.1. The number of aryl methyl sites for hydroxylation is 1. The van der Waals surface area contributed by atoms with E-state index in [1.807, 2.05) is 0 Å². The Kier molecular flexibility index (Phi) is 8.14. The number of carbonyl (C=O) groups excluding carboxylic acids is 4. The summed E-state index contributed by atoms with van der Waals surface area (Å²) >= 11 is 0. The van der Waals surface area contributed by atoms with Crippen LogP contribution in [0.2, 0.25) is 0 Å². The molecule has 9 nitrogen and oxygen atoms in total. The fraction of sp³-hybridized carbons (Fsp3) is 0.452. The normalized spacial score (nSPS) is 16.6. The van der Waals surface area contributed by atoms with Crippen LogP contribution in [0.25, 0.3) is 0 Å². The van der Waals surface area contributed by atoms with Crippen LogP contribution >= 0.6 is 0 Å². The summed E-state index contributed by atoms with van der Waals surface area (Å²) in [6.45, 7) is 8.24. The van der Waals surface area contributed by atoms with E-state index in [1.165, 1.54) is 0 Å². The number of benzene rings is 2. The summed E-state index contributed by atoms with van der Waals surface area (Å²) in [7, 11) is 0. The summed E-state index contributed by atoms with van der Waals surface area (Å²) < 4.78 is 0. The molecule has 2 N–H and O–H groups in total. The molecule has 0 spiro atoms. The second-order valence-corrected chi connectivity index (χ2v) is 10.8. The van der Waals surface area contributed by atoms with Gasteiger partial charge in [-0.1, -0.05) is 45.0 Å². The molecular weight excluding hydrogens is 510 g/mol. The van der Waals surface area contributed by atoms with E-state index in [9.17, 15) is 29.1 Å². The number of nitrogens with zero attached hydrogens (tertiary/aromatic N) is 2. The van der Waals surface area contributed by atoms with Crippen molar-refractivity contribution in [1.82, 2.24) is 10.2 Å². The molecule has 4 rings (SSSR count). The number of anilines is 1. The fourth-order valence-corrected chi connectivity index (χ4v) is 5.87. The van der Waals surface area contributed by atoms with Crippen LogP contribution in [-0.2, 0) is 20.8 Å². The van der Waals surface area contributed by atoms with Gasteiger partial charge in [-0.15, -0.1) is 0 Å². The lowest BCUT2D eigenvalue weighted by atomic mass is 9.78. The summed E-state index contributed by atoms with van der Waals surface area (Å²) in [6, 6.07) is 11.7. The highest BCUT2D eigenvalue weighted by atomic mass is 16.4. The van der Waals surface area contributed by atoms with E-state index in [2.05, 4.69) is 5.32 Å². The number of hydrogen-bond acceptors (Lipinski definition) is 5. The molecule has 2 aliphatic heterocycles. The topological polar surface area (TPSA) is 124 Å². The summed E-state index contributed by atoms with van der Waals surface area (Å²) in [5.74, 6) is -2.82. The number of carboxylic acids is 1. The molecule has 0 saturated carbocycles. The third-order valence-electron chi connectivity index (χ3n) is 8.63. The molecule has 40 heavy (non-hydrogen) atoms. The number of likely N-dealkylation sites (tertiary alicyclic amines) is 1. The predicted molar refractivity (Wildman–Crippen MR) is 150 cm³/mol. The number of aliphatic carboxylic acids is 1. The van der Waals surface area contributed by atoms with E-state index in [0.717, 1.165) is 23.3 Å². The molecule has 2 aliphatic rings. The molecule has 1 fully saturated rings. The lowest BCUT2D eigenvalue weighted by Gasteiger charge is -2.37. The van der Waals surface area contributed by atoms with Gasteiger partial charge in [-0.2, -0.15) is 0 Å². The lowest BCUT2D eigenvalue weighted by molar-refractivity contribution is -0.156. The van der Waals surface area contributed by atoms with Crippen LogP contribution in [0.1, 0.15) is 84.7 Å². The molecule has 2 aromatic carbocycles. The number of imide groups is 1. The standard InChI is InChI=1S/C31H37N3O6/c1-5-30(6-2,28(38)33-17-8-9-18-33)27(37)32-31(7-3,29(39)40)19-21-13-15-22(16-14-21)34-25(35)23-12-10-11-20(4)24(23)26(34)36/h10-16H,5-9,17-19H2,1-4H3,(H,32,37)(H,39,40)/t31-/m1/s1. The molecule has 0 aromatic heterocycles. The van der Waals surface area contributed by atoms with Gasteiger partial charge in [0.25, 0.3) is 11.8 Å². The largest absolute Gasteiger partial charge is 0.479 e. The first-order valence-electron chi connectivity index (χ1n) is 14.0. The number of nitrogens with one attached hydrogen (secondary N) is 1. The molecule has 9 heteroatoms. The van der Waals surface area contributed by atoms with Gasteiger partial charge in [-0.25, -0.2) is 9.69 Å². The maximum Gasteiger partial charge on any atom is 0.329 e. The molecule has 2 aromatic rings. The van der Waals surface area contributed by atoms with Gasteiger partial charge in [0, 0.05) is 19.5 Å². The van der Waals surface area contributed by atoms with Crippen molar-refractivity contribution in [2.24, 2.45) is 5.41 Å². The Labute approximate surface area is 234 Å². The van der Waals surface area contributed by atoms with Gasteiger partial charge < -0.3 is 15.3 Å². The van der Waals surface area contributed by atoms with Crippen molar-refractivity contribution < 1.29 is 29.1 Å². The highest BCUT2D eigenvalue weighted by Gasteiger charge is 2.49. The maximum absolute atomic E-state index is 13.7. The summed E-state index contributed by atoms with van der Waals surface area (Å²) in [4.78, 5) is 68.7. The van der Waals surface area contributed by atoms with Crippen molar-refractivity contribution in [2.75, 3.05) is 18.0 Å². The fourth-order valence-electron chi connectivity index (χ4n) is 5.87. The first-order chi connectivity index (χ1) is 19.0. The summed E-state index contributed by atoms with van der Waals surface area (Å²) in [5.41, 5.74) is -0.549. The third kappa shape index (κ3) is 4.78. The van der Waals surface area contributed by atoms with Crippen LogP contribution in [0.15, 0.2) is 42.5 Å². The molecule has 0 aliphatic carbocycles. The van der Waals surface area contributed by atoms with Crippen LogP contribution in [0.3, 0.4) is 0 Å². The van der Waals surface area contributed by atoms with Crippen LogP contribution < -0.4 is 10.2 Å². The number of carboxylic acid groups (broad SMARTS) is 1. The Hall–Kier alpha value is -4.01.